The third-order valence-corrected chi connectivity index (χ3v) is 5.42. The fourth-order valence-electron chi connectivity index (χ4n) is 3.36. The van der Waals surface area contributed by atoms with Crippen molar-refractivity contribution in [2.45, 2.75) is 46.4 Å². The van der Waals surface area contributed by atoms with E-state index >= 15 is 0 Å². The molecular weight excluding hydrogens is 364 g/mol. The first kappa shape index (κ1) is 21.3. The van der Waals surface area contributed by atoms with Crippen LogP contribution in [-0.4, -0.2) is 43.2 Å². The van der Waals surface area contributed by atoms with Crippen molar-refractivity contribution in [2.24, 2.45) is 0 Å². The van der Waals surface area contributed by atoms with E-state index in [0.29, 0.717) is 13.0 Å². The molecule has 1 saturated heterocycles. The highest BCUT2D eigenvalue weighted by molar-refractivity contribution is 5.81. The lowest BCUT2D eigenvalue weighted by molar-refractivity contribution is -0.128. The number of amides is 1. The van der Waals surface area contributed by atoms with Gasteiger partial charge in [-0.3, -0.25) is 9.69 Å². The molecule has 1 aliphatic rings. The van der Waals surface area contributed by atoms with Crippen molar-refractivity contribution in [1.82, 2.24) is 10.2 Å². The van der Waals surface area contributed by atoms with E-state index in [1.165, 1.54) is 11.1 Å². The summed E-state index contributed by atoms with van der Waals surface area (Å²) in [7, 11) is 0. The number of nitrogens with zero attached hydrogens (tertiary/aromatic N) is 1. The quantitative estimate of drug-likeness (QED) is 0.741. The number of aryl methyl sites for hydroxylation is 2. The largest absolute Gasteiger partial charge is 0.481 e. The summed E-state index contributed by atoms with van der Waals surface area (Å²) < 4.78 is 11.3. The maximum atomic E-state index is 12.6. The number of hydrogen-bond donors (Lipinski definition) is 1. The molecule has 29 heavy (non-hydrogen) atoms. The average Bonchev–Trinajstić information content (AvgIpc) is 2.74. The Morgan fingerprint density at radius 1 is 1.07 bits per heavy atom. The summed E-state index contributed by atoms with van der Waals surface area (Å²) in [6, 6.07) is 14.4. The van der Waals surface area contributed by atoms with Crippen LogP contribution in [0.1, 0.15) is 35.6 Å². The van der Waals surface area contributed by atoms with Gasteiger partial charge in [0.05, 0.1) is 13.2 Å². The number of carbonyl (C=O) groups excluding carboxylic acids is 1. The molecule has 0 radical (unpaired) electrons. The topological polar surface area (TPSA) is 50.8 Å². The molecule has 0 unspecified atom stereocenters. The normalized spacial score (nSPS) is 15.7. The van der Waals surface area contributed by atoms with Crippen LogP contribution in [0, 0.1) is 13.8 Å². The van der Waals surface area contributed by atoms with Crippen molar-refractivity contribution in [3.05, 3.63) is 64.7 Å². The van der Waals surface area contributed by atoms with E-state index in [1.54, 1.807) is 0 Å². The minimum atomic E-state index is -0.488. The lowest BCUT2D eigenvalue weighted by atomic mass is 10.1. The highest BCUT2D eigenvalue weighted by Gasteiger charge is 2.18. The standard InChI is InChI=1S/C24H32N2O3/c1-4-23(29-22-10-5-18(2)19(3)15-22)24(27)25-16-20-6-8-21(9-7-20)17-26-11-13-28-14-12-26/h5-10,15,23H,4,11-14,16-17H2,1-3H3,(H,25,27)/t23-/m0/s1. The van der Waals surface area contributed by atoms with Gasteiger partial charge in [-0.25, -0.2) is 0 Å². The van der Waals surface area contributed by atoms with Crippen molar-refractivity contribution < 1.29 is 14.3 Å². The van der Waals surface area contributed by atoms with E-state index in [1.807, 2.05) is 32.0 Å². The first-order chi connectivity index (χ1) is 14.0. The molecule has 0 spiro atoms. The lowest BCUT2D eigenvalue weighted by Crippen LogP contribution is -2.37. The van der Waals surface area contributed by atoms with Gasteiger partial charge >= 0.3 is 0 Å². The van der Waals surface area contributed by atoms with E-state index in [0.717, 1.165) is 49.7 Å². The summed E-state index contributed by atoms with van der Waals surface area (Å²) in [5.74, 6) is 0.658. The van der Waals surface area contributed by atoms with Gasteiger partial charge in [-0.15, -0.1) is 0 Å². The van der Waals surface area contributed by atoms with Crippen LogP contribution in [0.4, 0.5) is 0 Å². The molecule has 5 nitrogen and oxygen atoms in total. The number of ether oxygens (including phenoxy) is 2. The van der Waals surface area contributed by atoms with Crippen LogP contribution in [-0.2, 0) is 22.6 Å². The maximum Gasteiger partial charge on any atom is 0.261 e. The Kier molecular flexibility index (Phi) is 7.67. The first-order valence-electron chi connectivity index (χ1n) is 10.4. The number of rotatable bonds is 8. The average molecular weight is 397 g/mol. The molecule has 3 rings (SSSR count). The Morgan fingerprint density at radius 2 is 1.76 bits per heavy atom. The molecule has 1 heterocycles. The van der Waals surface area contributed by atoms with Crippen LogP contribution in [0.3, 0.4) is 0 Å². The molecule has 0 aromatic heterocycles. The minimum absolute atomic E-state index is 0.0804. The lowest BCUT2D eigenvalue weighted by Gasteiger charge is -2.26. The van der Waals surface area contributed by atoms with E-state index in [-0.39, 0.29) is 5.91 Å². The molecule has 0 saturated carbocycles. The molecule has 156 valence electrons. The summed E-state index contributed by atoms with van der Waals surface area (Å²) in [5.41, 5.74) is 4.75. The van der Waals surface area contributed by atoms with Crippen LogP contribution in [0.25, 0.3) is 0 Å². The summed E-state index contributed by atoms with van der Waals surface area (Å²) in [6.45, 7) is 11.1. The Morgan fingerprint density at radius 3 is 2.41 bits per heavy atom. The molecule has 5 heteroatoms. The van der Waals surface area contributed by atoms with Gasteiger partial charge < -0.3 is 14.8 Å². The zero-order valence-electron chi connectivity index (χ0n) is 17.7. The van der Waals surface area contributed by atoms with Gasteiger partial charge in [0, 0.05) is 26.2 Å². The molecule has 2 aromatic rings. The highest BCUT2D eigenvalue weighted by Crippen LogP contribution is 2.18. The van der Waals surface area contributed by atoms with Crippen molar-refractivity contribution >= 4 is 5.91 Å². The molecule has 1 amide bonds. The number of nitrogens with one attached hydrogen (secondary N) is 1. The molecule has 0 aliphatic carbocycles. The van der Waals surface area contributed by atoms with Crippen molar-refractivity contribution in [1.29, 1.82) is 0 Å². The summed E-state index contributed by atoms with van der Waals surface area (Å²) in [4.78, 5) is 15.0. The third kappa shape index (κ3) is 6.31. The molecule has 1 aliphatic heterocycles. The predicted octanol–water partition coefficient (Wildman–Crippen LogP) is 3.61. The molecule has 1 N–H and O–H groups in total. The molecule has 1 atom stereocenters. The van der Waals surface area contributed by atoms with Crippen molar-refractivity contribution in [3.63, 3.8) is 0 Å². The molecule has 0 bridgehead atoms. The van der Waals surface area contributed by atoms with E-state index in [4.69, 9.17) is 9.47 Å². The maximum absolute atomic E-state index is 12.6. The third-order valence-electron chi connectivity index (χ3n) is 5.42. The van der Waals surface area contributed by atoms with Crippen LogP contribution < -0.4 is 10.1 Å². The molecular formula is C24H32N2O3. The zero-order chi connectivity index (χ0) is 20.6. The fourth-order valence-corrected chi connectivity index (χ4v) is 3.36. The van der Waals surface area contributed by atoms with E-state index < -0.39 is 6.10 Å². The second-order valence-corrected chi connectivity index (χ2v) is 7.68. The van der Waals surface area contributed by atoms with Gasteiger partial charge in [0.1, 0.15) is 5.75 Å². The second kappa shape index (κ2) is 10.4. The van der Waals surface area contributed by atoms with Crippen LogP contribution >= 0.6 is 0 Å². The Hall–Kier alpha value is -2.37. The minimum Gasteiger partial charge on any atom is -0.481 e. The summed E-state index contributed by atoms with van der Waals surface area (Å²) >= 11 is 0. The zero-order valence-corrected chi connectivity index (χ0v) is 17.7. The first-order valence-corrected chi connectivity index (χ1v) is 10.4. The smallest absolute Gasteiger partial charge is 0.261 e. The van der Waals surface area contributed by atoms with Gasteiger partial charge in [-0.05, 0) is 54.7 Å². The van der Waals surface area contributed by atoms with Gasteiger partial charge in [0.2, 0.25) is 0 Å². The van der Waals surface area contributed by atoms with Crippen LogP contribution in [0.15, 0.2) is 42.5 Å². The number of benzene rings is 2. The van der Waals surface area contributed by atoms with E-state index in [2.05, 4.69) is 41.4 Å². The van der Waals surface area contributed by atoms with Gasteiger partial charge in [-0.1, -0.05) is 37.3 Å². The SMILES string of the molecule is CC[C@H](Oc1ccc(C)c(C)c1)C(=O)NCc1ccc(CN2CCOCC2)cc1. The second-order valence-electron chi connectivity index (χ2n) is 7.68. The van der Waals surface area contributed by atoms with Crippen molar-refractivity contribution in [3.8, 4) is 5.75 Å². The predicted molar refractivity (Wildman–Crippen MR) is 115 cm³/mol. The van der Waals surface area contributed by atoms with Gasteiger partial charge in [-0.2, -0.15) is 0 Å². The summed E-state index contributed by atoms with van der Waals surface area (Å²) in [6.07, 6.45) is 0.134. The van der Waals surface area contributed by atoms with Crippen molar-refractivity contribution in [2.75, 3.05) is 26.3 Å². The number of carbonyl (C=O) groups is 1. The van der Waals surface area contributed by atoms with E-state index in [9.17, 15) is 4.79 Å². The number of hydrogen-bond acceptors (Lipinski definition) is 4. The van der Waals surface area contributed by atoms with Gasteiger partial charge in [0.15, 0.2) is 6.10 Å². The van der Waals surface area contributed by atoms with Crippen LogP contribution in [0.5, 0.6) is 5.75 Å². The Bertz CT molecular complexity index is 798. The number of morpholine rings is 1. The molecule has 2 aromatic carbocycles. The Labute approximate surface area is 174 Å². The summed E-state index contributed by atoms with van der Waals surface area (Å²) in [5, 5.41) is 3.01. The fraction of sp³-hybridized carbons (Fsp3) is 0.458. The monoisotopic (exact) mass is 396 g/mol. The Balaban J connectivity index is 1.49. The van der Waals surface area contributed by atoms with Crippen LogP contribution in [0.2, 0.25) is 0 Å². The van der Waals surface area contributed by atoms with Gasteiger partial charge in [0.25, 0.3) is 5.91 Å². The molecule has 1 fully saturated rings. The highest BCUT2D eigenvalue weighted by atomic mass is 16.5.